The Labute approximate surface area is 133 Å². The van der Waals surface area contributed by atoms with Crippen molar-refractivity contribution in [2.24, 2.45) is 0 Å². The van der Waals surface area contributed by atoms with E-state index in [4.69, 9.17) is 9.47 Å². The molecule has 0 fully saturated rings. The standard InChI is InChI=1S/C18H16N2O3/c1-11-9-14-17(23-11)16-15(7-4-8-19-16)20(18(14)21)12-5-3-6-13(10-12)22-2/h3-8,10-11H,9H2,1-2H3. The van der Waals surface area contributed by atoms with Crippen LogP contribution in [0.1, 0.15) is 12.5 Å². The lowest BCUT2D eigenvalue weighted by Crippen LogP contribution is -2.22. The summed E-state index contributed by atoms with van der Waals surface area (Å²) in [5.74, 6) is 1.33. The van der Waals surface area contributed by atoms with Crippen molar-refractivity contribution in [3.63, 3.8) is 0 Å². The number of hydrogen-bond acceptors (Lipinski definition) is 4. The topological polar surface area (TPSA) is 53.4 Å². The molecule has 0 spiro atoms. The molecule has 5 heteroatoms. The lowest BCUT2D eigenvalue weighted by atomic mass is 10.1. The fraction of sp³-hybridized carbons (Fsp3) is 0.222. The van der Waals surface area contributed by atoms with E-state index in [9.17, 15) is 4.79 Å². The molecule has 116 valence electrons. The molecule has 1 aliphatic rings. The highest BCUT2D eigenvalue weighted by molar-refractivity contribution is 5.84. The maximum atomic E-state index is 13.0. The smallest absolute Gasteiger partial charge is 0.262 e. The molecule has 5 nitrogen and oxygen atoms in total. The molecule has 0 saturated heterocycles. The minimum atomic E-state index is -0.0573. The molecule has 0 amide bonds. The second-order valence-electron chi connectivity index (χ2n) is 5.65. The highest BCUT2D eigenvalue weighted by Gasteiger charge is 2.28. The van der Waals surface area contributed by atoms with Crippen molar-refractivity contribution in [3.8, 4) is 17.2 Å². The third-order valence-corrected chi connectivity index (χ3v) is 4.10. The summed E-state index contributed by atoms with van der Waals surface area (Å²) in [4.78, 5) is 17.5. The van der Waals surface area contributed by atoms with E-state index in [0.29, 0.717) is 29.0 Å². The summed E-state index contributed by atoms with van der Waals surface area (Å²) in [5.41, 5.74) is 2.84. The van der Waals surface area contributed by atoms with Crippen LogP contribution in [0.5, 0.6) is 11.5 Å². The van der Waals surface area contributed by atoms with Gasteiger partial charge in [0.25, 0.3) is 5.56 Å². The van der Waals surface area contributed by atoms with Crippen molar-refractivity contribution >= 4 is 11.0 Å². The molecule has 0 saturated carbocycles. The minimum absolute atomic E-state index is 0.0101. The molecule has 1 unspecified atom stereocenters. The predicted octanol–water partition coefficient (Wildman–Crippen LogP) is 2.72. The molecule has 0 N–H and O–H groups in total. The lowest BCUT2D eigenvalue weighted by Gasteiger charge is -2.13. The maximum absolute atomic E-state index is 13.0. The van der Waals surface area contributed by atoms with Gasteiger partial charge in [0.1, 0.15) is 17.4 Å². The lowest BCUT2D eigenvalue weighted by molar-refractivity contribution is 0.257. The molecule has 4 rings (SSSR count). The number of ether oxygens (including phenoxy) is 2. The van der Waals surface area contributed by atoms with E-state index in [1.54, 1.807) is 17.9 Å². The Hall–Kier alpha value is -2.82. The average Bonchev–Trinajstić information content (AvgIpc) is 2.98. The van der Waals surface area contributed by atoms with Crippen LogP contribution in [0, 0.1) is 0 Å². The summed E-state index contributed by atoms with van der Waals surface area (Å²) >= 11 is 0. The van der Waals surface area contributed by atoms with Gasteiger partial charge < -0.3 is 9.47 Å². The van der Waals surface area contributed by atoms with Gasteiger partial charge in [0, 0.05) is 18.7 Å². The molecule has 3 heterocycles. The van der Waals surface area contributed by atoms with E-state index < -0.39 is 0 Å². The van der Waals surface area contributed by atoms with Crippen molar-refractivity contribution in [1.82, 2.24) is 9.55 Å². The van der Waals surface area contributed by atoms with Crippen LogP contribution in [0.4, 0.5) is 0 Å². The third-order valence-electron chi connectivity index (χ3n) is 4.10. The van der Waals surface area contributed by atoms with Gasteiger partial charge in [-0.05, 0) is 31.2 Å². The van der Waals surface area contributed by atoms with Crippen molar-refractivity contribution in [2.75, 3.05) is 7.11 Å². The molecular formula is C18H16N2O3. The SMILES string of the molecule is COc1cccc(-n2c(=O)c3c(c4ncccc42)OC(C)C3)c1. The van der Waals surface area contributed by atoms with Crippen LogP contribution in [-0.4, -0.2) is 22.8 Å². The first-order valence-corrected chi connectivity index (χ1v) is 7.52. The first-order valence-electron chi connectivity index (χ1n) is 7.52. The predicted molar refractivity (Wildman–Crippen MR) is 87.7 cm³/mol. The Kier molecular flexibility index (Phi) is 3.08. The monoisotopic (exact) mass is 308 g/mol. The zero-order valence-corrected chi connectivity index (χ0v) is 12.9. The highest BCUT2D eigenvalue weighted by atomic mass is 16.5. The summed E-state index contributed by atoms with van der Waals surface area (Å²) in [7, 11) is 1.61. The van der Waals surface area contributed by atoms with Gasteiger partial charge >= 0.3 is 0 Å². The molecule has 0 aliphatic carbocycles. The summed E-state index contributed by atoms with van der Waals surface area (Å²) in [6.07, 6.45) is 2.31. The molecular weight excluding hydrogens is 292 g/mol. The summed E-state index contributed by atoms with van der Waals surface area (Å²) in [6, 6.07) is 11.2. The molecule has 1 aromatic carbocycles. The van der Waals surface area contributed by atoms with E-state index in [1.807, 2.05) is 43.3 Å². The van der Waals surface area contributed by atoms with Gasteiger partial charge in [-0.3, -0.25) is 14.3 Å². The molecule has 23 heavy (non-hydrogen) atoms. The second kappa shape index (κ2) is 5.12. The fourth-order valence-corrected chi connectivity index (χ4v) is 3.08. The van der Waals surface area contributed by atoms with E-state index in [-0.39, 0.29) is 11.7 Å². The van der Waals surface area contributed by atoms with Gasteiger partial charge in [-0.15, -0.1) is 0 Å². The van der Waals surface area contributed by atoms with Crippen LogP contribution < -0.4 is 15.0 Å². The van der Waals surface area contributed by atoms with E-state index in [1.165, 1.54) is 0 Å². The number of benzene rings is 1. The summed E-state index contributed by atoms with van der Waals surface area (Å²) in [6.45, 7) is 1.96. The first kappa shape index (κ1) is 13.8. The number of pyridine rings is 2. The Morgan fingerprint density at radius 2 is 2.17 bits per heavy atom. The average molecular weight is 308 g/mol. The number of methoxy groups -OCH3 is 1. The van der Waals surface area contributed by atoms with Gasteiger partial charge in [0.05, 0.1) is 23.9 Å². The Balaban J connectivity index is 2.09. The number of fused-ring (bicyclic) bond motifs is 3. The number of hydrogen-bond donors (Lipinski definition) is 0. The first-order chi connectivity index (χ1) is 11.2. The van der Waals surface area contributed by atoms with Crippen LogP contribution in [0.25, 0.3) is 16.7 Å². The van der Waals surface area contributed by atoms with Crippen molar-refractivity contribution in [1.29, 1.82) is 0 Å². The van der Waals surface area contributed by atoms with Crippen LogP contribution in [0.15, 0.2) is 47.4 Å². The van der Waals surface area contributed by atoms with Gasteiger partial charge in [0.15, 0.2) is 5.75 Å². The van der Waals surface area contributed by atoms with Crippen molar-refractivity contribution < 1.29 is 9.47 Å². The third kappa shape index (κ3) is 2.08. The zero-order valence-electron chi connectivity index (χ0n) is 12.9. The fourth-order valence-electron chi connectivity index (χ4n) is 3.08. The van der Waals surface area contributed by atoms with Crippen molar-refractivity contribution in [3.05, 3.63) is 58.5 Å². The van der Waals surface area contributed by atoms with Gasteiger partial charge in [0.2, 0.25) is 0 Å². The van der Waals surface area contributed by atoms with E-state index >= 15 is 0 Å². The summed E-state index contributed by atoms with van der Waals surface area (Å²) in [5, 5.41) is 0. The molecule has 0 bridgehead atoms. The maximum Gasteiger partial charge on any atom is 0.262 e. The van der Waals surface area contributed by atoms with Crippen molar-refractivity contribution in [2.45, 2.75) is 19.4 Å². The largest absolute Gasteiger partial charge is 0.497 e. The quantitative estimate of drug-likeness (QED) is 0.730. The van der Waals surface area contributed by atoms with Gasteiger partial charge in [-0.25, -0.2) is 0 Å². The van der Waals surface area contributed by atoms with Gasteiger partial charge in [-0.2, -0.15) is 0 Å². The zero-order chi connectivity index (χ0) is 16.0. The number of nitrogens with zero attached hydrogens (tertiary/aromatic N) is 2. The van der Waals surface area contributed by atoms with Crippen LogP contribution in [-0.2, 0) is 6.42 Å². The summed E-state index contributed by atoms with van der Waals surface area (Å²) < 4.78 is 12.8. The Morgan fingerprint density at radius 1 is 1.30 bits per heavy atom. The van der Waals surface area contributed by atoms with Gasteiger partial charge in [-0.1, -0.05) is 6.07 Å². The number of aromatic nitrogens is 2. The van der Waals surface area contributed by atoms with E-state index in [2.05, 4.69) is 4.98 Å². The van der Waals surface area contributed by atoms with Crippen LogP contribution >= 0.6 is 0 Å². The molecule has 0 radical (unpaired) electrons. The van der Waals surface area contributed by atoms with Crippen LogP contribution in [0.3, 0.4) is 0 Å². The highest BCUT2D eigenvalue weighted by Crippen LogP contribution is 2.33. The Bertz CT molecular complexity index is 962. The normalized spacial score (nSPS) is 16.2. The van der Waals surface area contributed by atoms with Crippen LogP contribution in [0.2, 0.25) is 0 Å². The molecule has 2 aromatic heterocycles. The second-order valence-corrected chi connectivity index (χ2v) is 5.65. The van der Waals surface area contributed by atoms with E-state index in [0.717, 1.165) is 11.2 Å². The molecule has 1 aliphatic heterocycles. The number of rotatable bonds is 2. The Morgan fingerprint density at radius 3 is 3.00 bits per heavy atom. The minimum Gasteiger partial charge on any atom is -0.497 e. The molecule has 3 aromatic rings. The molecule has 1 atom stereocenters.